The van der Waals surface area contributed by atoms with E-state index in [2.05, 4.69) is 0 Å². The second-order valence-electron chi connectivity index (χ2n) is 9.26. The number of carbonyl (C=O) groups excluding carboxylic acids is 3. The minimum atomic E-state index is -0.595. The average molecular weight is 482 g/mol. The molecule has 2 aromatic rings. The van der Waals surface area contributed by atoms with E-state index in [0.29, 0.717) is 38.2 Å². The molecule has 1 aromatic heterocycles. The number of aromatic nitrogens is 1. The van der Waals surface area contributed by atoms with E-state index in [1.807, 2.05) is 31.2 Å². The molecular formula is C26H31N3O6. The summed E-state index contributed by atoms with van der Waals surface area (Å²) in [4.78, 5) is 53.9. The first-order valence-electron chi connectivity index (χ1n) is 11.8. The number of hydrogen-bond acceptors (Lipinski definition) is 6. The van der Waals surface area contributed by atoms with Gasteiger partial charge in [0.25, 0.3) is 5.56 Å². The number of aryl methyl sites for hydroxylation is 1. The first kappa shape index (κ1) is 24.5. The third kappa shape index (κ3) is 5.39. The van der Waals surface area contributed by atoms with E-state index in [1.165, 1.54) is 17.7 Å². The molecule has 186 valence electrons. The van der Waals surface area contributed by atoms with Crippen LogP contribution < -0.4 is 10.3 Å². The molecule has 4 rings (SSSR count). The second kappa shape index (κ2) is 10.3. The summed E-state index contributed by atoms with van der Waals surface area (Å²) in [7, 11) is 3.02. The number of fused-ring (bicyclic) bond motifs is 1. The van der Waals surface area contributed by atoms with E-state index in [1.54, 1.807) is 16.8 Å². The van der Waals surface area contributed by atoms with Crippen LogP contribution in [0.3, 0.4) is 0 Å². The highest BCUT2D eigenvalue weighted by atomic mass is 16.5. The van der Waals surface area contributed by atoms with E-state index >= 15 is 0 Å². The molecule has 0 aliphatic carbocycles. The Bertz CT molecular complexity index is 1200. The lowest BCUT2D eigenvalue weighted by Crippen LogP contribution is -2.35. The van der Waals surface area contributed by atoms with Gasteiger partial charge in [-0.1, -0.05) is 29.8 Å². The van der Waals surface area contributed by atoms with Gasteiger partial charge in [0, 0.05) is 63.7 Å². The monoisotopic (exact) mass is 481 g/mol. The highest BCUT2D eigenvalue weighted by Crippen LogP contribution is 2.26. The van der Waals surface area contributed by atoms with Gasteiger partial charge in [0.2, 0.25) is 11.8 Å². The molecule has 35 heavy (non-hydrogen) atoms. The van der Waals surface area contributed by atoms with Gasteiger partial charge in [-0.05, 0) is 12.5 Å². The molecule has 1 fully saturated rings. The first-order valence-corrected chi connectivity index (χ1v) is 11.8. The van der Waals surface area contributed by atoms with E-state index in [-0.39, 0.29) is 54.2 Å². The van der Waals surface area contributed by atoms with Gasteiger partial charge in [-0.3, -0.25) is 14.4 Å². The Balaban J connectivity index is 1.55. The lowest BCUT2D eigenvalue weighted by Gasteiger charge is -2.20. The van der Waals surface area contributed by atoms with Crippen molar-refractivity contribution in [1.82, 2.24) is 14.4 Å². The van der Waals surface area contributed by atoms with Gasteiger partial charge < -0.3 is 23.8 Å². The maximum Gasteiger partial charge on any atom is 0.343 e. The summed E-state index contributed by atoms with van der Waals surface area (Å²) in [5.74, 6) is -0.432. The lowest BCUT2D eigenvalue weighted by molar-refractivity contribution is -0.130. The predicted octanol–water partition coefficient (Wildman–Crippen LogP) is 1.43. The molecule has 1 atom stereocenters. The van der Waals surface area contributed by atoms with Crippen LogP contribution in [0.1, 0.15) is 33.6 Å². The Morgan fingerprint density at radius 3 is 2.60 bits per heavy atom. The third-order valence-corrected chi connectivity index (χ3v) is 6.67. The van der Waals surface area contributed by atoms with Crippen molar-refractivity contribution in [3.8, 4) is 5.75 Å². The molecule has 9 heteroatoms. The first-order chi connectivity index (χ1) is 16.8. The molecule has 0 radical (unpaired) electrons. The zero-order valence-electron chi connectivity index (χ0n) is 20.4. The maximum absolute atomic E-state index is 13.0. The summed E-state index contributed by atoms with van der Waals surface area (Å²) < 4.78 is 12.5. The largest absolute Gasteiger partial charge is 0.492 e. The number of hydrogen-bond donors (Lipinski definition) is 0. The summed E-state index contributed by atoms with van der Waals surface area (Å²) in [6.07, 6.45) is 0.965. The van der Waals surface area contributed by atoms with E-state index in [9.17, 15) is 19.2 Å². The molecule has 2 aliphatic rings. The molecule has 2 amide bonds. The number of pyridine rings is 1. The number of methoxy groups -OCH3 is 1. The molecule has 3 heterocycles. The minimum absolute atomic E-state index is 0.0192. The molecule has 0 bridgehead atoms. The fourth-order valence-corrected chi connectivity index (χ4v) is 4.82. The van der Waals surface area contributed by atoms with Crippen molar-refractivity contribution < 1.29 is 23.9 Å². The van der Waals surface area contributed by atoms with Crippen LogP contribution in [-0.4, -0.2) is 72.5 Å². The molecular weight excluding hydrogens is 450 g/mol. The van der Waals surface area contributed by atoms with Crippen molar-refractivity contribution in [3.05, 3.63) is 63.1 Å². The predicted molar refractivity (Wildman–Crippen MR) is 128 cm³/mol. The number of amides is 2. The standard InChI is InChI=1S/C26H31N3O6/c1-17-5-4-6-18(11-17)12-23(31)28-8-7-20-25(26(33)34-3)21(14-24(32)29(20)10-9-28)35-16-19-13-22(30)27(2)15-19/h4-6,11,14,19H,7-10,12-13,15-16H2,1-3H3/t19-/m0/s1. The van der Waals surface area contributed by atoms with Crippen LogP contribution in [0.5, 0.6) is 5.75 Å². The number of rotatable bonds is 6. The fraction of sp³-hybridized carbons (Fsp3) is 0.462. The van der Waals surface area contributed by atoms with Crippen molar-refractivity contribution in [2.45, 2.75) is 32.7 Å². The van der Waals surface area contributed by atoms with Gasteiger partial charge in [-0.25, -0.2) is 4.79 Å². The van der Waals surface area contributed by atoms with Crippen molar-refractivity contribution in [1.29, 1.82) is 0 Å². The van der Waals surface area contributed by atoms with Crippen LogP contribution in [0.2, 0.25) is 0 Å². The van der Waals surface area contributed by atoms with Crippen LogP contribution in [0, 0.1) is 12.8 Å². The summed E-state index contributed by atoms with van der Waals surface area (Å²) >= 11 is 0. The highest BCUT2D eigenvalue weighted by Gasteiger charge is 2.30. The number of benzene rings is 1. The van der Waals surface area contributed by atoms with Crippen LogP contribution in [-0.2, 0) is 33.7 Å². The zero-order valence-corrected chi connectivity index (χ0v) is 20.4. The summed E-state index contributed by atoms with van der Waals surface area (Å²) in [5, 5.41) is 0. The van der Waals surface area contributed by atoms with Crippen LogP contribution in [0.4, 0.5) is 0 Å². The molecule has 1 saturated heterocycles. The van der Waals surface area contributed by atoms with Gasteiger partial charge in [0.05, 0.1) is 20.1 Å². The summed E-state index contributed by atoms with van der Waals surface area (Å²) in [6.45, 7) is 3.78. The molecule has 0 saturated carbocycles. The Morgan fingerprint density at radius 1 is 1.11 bits per heavy atom. The smallest absolute Gasteiger partial charge is 0.343 e. The number of nitrogens with zero attached hydrogens (tertiary/aromatic N) is 3. The number of ether oxygens (including phenoxy) is 2. The Labute approximate surface area is 204 Å². The van der Waals surface area contributed by atoms with Crippen molar-refractivity contribution >= 4 is 17.8 Å². The molecule has 2 aliphatic heterocycles. The maximum atomic E-state index is 13.0. The SMILES string of the molecule is COC(=O)c1c(OC[C@H]2CC(=O)N(C)C2)cc(=O)n2c1CCN(C(=O)Cc1cccc(C)c1)CC2. The average Bonchev–Trinajstić information content (AvgIpc) is 3.01. The Morgan fingerprint density at radius 2 is 1.91 bits per heavy atom. The number of carbonyl (C=O) groups is 3. The fourth-order valence-electron chi connectivity index (χ4n) is 4.82. The zero-order chi connectivity index (χ0) is 25.1. The number of likely N-dealkylation sites (tertiary alicyclic amines) is 1. The molecule has 0 spiro atoms. The van der Waals surface area contributed by atoms with Gasteiger partial charge >= 0.3 is 5.97 Å². The van der Waals surface area contributed by atoms with Crippen molar-refractivity contribution in [2.24, 2.45) is 5.92 Å². The van der Waals surface area contributed by atoms with Gasteiger partial charge in [-0.15, -0.1) is 0 Å². The van der Waals surface area contributed by atoms with Gasteiger partial charge in [0.1, 0.15) is 11.3 Å². The topological polar surface area (TPSA) is 98.2 Å². The van der Waals surface area contributed by atoms with Gasteiger partial charge in [0.15, 0.2) is 0 Å². The second-order valence-corrected chi connectivity index (χ2v) is 9.26. The van der Waals surface area contributed by atoms with E-state index in [4.69, 9.17) is 9.47 Å². The minimum Gasteiger partial charge on any atom is -0.492 e. The number of esters is 1. The Kier molecular flexibility index (Phi) is 7.23. The molecule has 1 aromatic carbocycles. The summed E-state index contributed by atoms with van der Waals surface area (Å²) in [6, 6.07) is 9.14. The summed E-state index contributed by atoms with van der Waals surface area (Å²) in [5.41, 5.74) is 2.45. The normalized spacial score (nSPS) is 17.7. The van der Waals surface area contributed by atoms with Crippen molar-refractivity contribution in [2.75, 3.05) is 40.4 Å². The lowest BCUT2D eigenvalue weighted by atomic mass is 10.1. The highest BCUT2D eigenvalue weighted by molar-refractivity contribution is 5.93. The quantitative estimate of drug-likeness (QED) is 0.579. The van der Waals surface area contributed by atoms with Crippen molar-refractivity contribution in [3.63, 3.8) is 0 Å². The molecule has 0 unspecified atom stereocenters. The molecule has 9 nitrogen and oxygen atoms in total. The molecule has 0 N–H and O–H groups in total. The Hall–Kier alpha value is -3.62. The van der Waals surface area contributed by atoms with Crippen LogP contribution in [0.25, 0.3) is 0 Å². The van der Waals surface area contributed by atoms with E-state index in [0.717, 1.165) is 11.1 Å². The van der Waals surface area contributed by atoms with Crippen LogP contribution in [0.15, 0.2) is 35.1 Å². The van der Waals surface area contributed by atoms with E-state index < -0.39 is 5.97 Å². The van der Waals surface area contributed by atoms with Gasteiger partial charge in [-0.2, -0.15) is 0 Å². The third-order valence-electron chi connectivity index (χ3n) is 6.67. The van der Waals surface area contributed by atoms with Crippen LogP contribution >= 0.6 is 0 Å².